The van der Waals surface area contributed by atoms with Crippen LogP contribution in [0.15, 0.2) is 39.8 Å². The molecule has 102 valence electrons. The van der Waals surface area contributed by atoms with Gasteiger partial charge in [0.25, 0.3) is 10.0 Å². The molecule has 0 radical (unpaired) electrons. The highest BCUT2D eigenvalue weighted by molar-refractivity contribution is 9.10. The van der Waals surface area contributed by atoms with Gasteiger partial charge >= 0.3 is 0 Å². The molecule has 0 spiro atoms. The van der Waals surface area contributed by atoms with Gasteiger partial charge in [-0.3, -0.25) is 4.72 Å². The Morgan fingerprint density at radius 1 is 1.37 bits per heavy atom. The second-order valence-corrected chi connectivity index (χ2v) is 6.35. The highest BCUT2D eigenvalue weighted by atomic mass is 79.9. The minimum absolute atomic E-state index is 0.0705. The van der Waals surface area contributed by atoms with E-state index in [4.69, 9.17) is 5.11 Å². The molecule has 0 aliphatic rings. The van der Waals surface area contributed by atoms with Gasteiger partial charge in [0.15, 0.2) is 0 Å². The van der Waals surface area contributed by atoms with Gasteiger partial charge in [0, 0.05) is 16.4 Å². The van der Waals surface area contributed by atoms with Gasteiger partial charge in [-0.15, -0.1) is 0 Å². The van der Waals surface area contributed by atoms with E-state index in [1.54, 1.807) is 0 Å². The fourth-order valence-electron chi connectivity index (χ4n) is 1.44. The van der Waals surface area contributed by atoms with Crippen molar-refractivity contribution in [2.24, 2.45) is 0 Å². The predicted octanol–water partition coefficient (Wildman–Crippen LogP) is 2.21. The van der Waals surface area contributed by atoms with Crippen LogP contribution < -0.4 is 4.72 Å². The third-order valence-electron chi connectivity index (χ3n) is 2.37. The van der Waals surface area contributed by atoms with Gasteiger partial charge in [0.1, 0.15) is 10.7 Å². The molecule has 5 nitrogen and oxygen atoms in total. The number of aliphatic hydroxyl groups is 1. The van der Waals surface area contributed by atoms with E-state index in [2.05, 4.69) is 25.6 Å². The number of H-pyrrole nitrogens is 1. The summed E-state index contributed by atoms with van der Waals surface area (Å²) in [5, 5.41) is 8.87. The molecule has 19 heavy (non-hydrogen) atoms. The summed E-state index contributed by atoms with van der Waals surface area (Å²) in [6.45, 7) is -0.303. The van der Waals surface area contributed by atoms with Crippen molar-refractivity contribution >= 4 is 31.6 Å². The number of sulfonamides is 1. The summed E-state index contributed by atoms with van der Waals surface area (Å²) < 4.78 is 40.2. The molecule has 1 heterocycles. The maximum atomic E-state index is 13.6. The maximum Gasteiger partial charge on any atom is 0.263 e. The third-order valence-corrected chi connectivity index (χ3v) is 4.21. The summed E-state index contributed by atoms with van der Waals surface area (Å²) in [4.78, 5) is 2.53. The molecule has 1 aromatic carbocycles. The molecule has 0 atom stereocenters. The molecular weight excluding hydrogens is 339 g/mol. The second kappa shape index (κ2) is 5.32. The van der Waals surface area contributed by atoms with Crippen molar-refractivity contribution in [3.63, 3.8) is 0 Å². The average Bonchev–Trinajstić information content (AvgIpc) is 2.82. The van der Waals surface area contributed by atoms with Crippen LogP contribution in [0.25, 0.3) is 0 Å². The zero-order valence-corrected chi connectivity index (χ0v) is 11.9. The lowest BCUT2D eigenvalue weighted by Gasteiger charge is -2.07. The monoisotopic (exact) mass is 348 g/mol. The Morgan fingerprint density at radius 3 is 2.68 bits per heavy atom. The van der Waals surface area contributed by atoms with Crippen LogP contribution in [-0.4, -0.2) is 18.5 Å². The number of anilines is 1. The minimum atomic E-state index is -3.89. The van der Waals surface area contributed by atoms with E-state index >= 15 is 0 Å². The Morgan fingerprint density at radius 2 is 2.11 bits per heavy atom. The molecule has 0 bridgehead atoms. The molecule has 2 rings (SSSR count). The van der Waals surface area contributed by atoms with Crippen molar-refractivity contribution < 1.29 is 17.9 Å². The van der Waals surface area contributed by atoms with Crippen LogP contribution in [0.2, 0.25) is 0 Å². The number of benzene rings is 1. The van der Waals surface area contributed by atoms with Crippen molar-refractivity contribution in [1.29, 1.82) is 0 Å². The van der Waals surface area contributed by atoms with E-state index in [0.717, 1.165) is 6.07 Å². The largest absolute Gasteiger partial charge is 0.390 e. The van der Waals surface area contributed by atoms with Crippen LogP contribution in [0, 0.1) is 5.82 Å². The molecule has 3 N–H and O–H groups in total. The van der Waals surface area contributed by atoms with Crippen molar-refractivity contribution in [2.75, 3.05) is 4.72 Å². The van der Waals surface area contributed by atoms with E-state index in [1.165, 1.54) is 24.4 Å². The highest BCUT2D eigenvalue weighted by Gasteiger charge is 2.17. The number of aromatic nitrogens is 1. The summed E-state index contributed by atoms with van der Waals surface area (Å²) in [6.07, 6.45) is 1.23. The zero-order chi connectivity index (χ0) is 14.0. The summed E-state index contributed by atoms with van der Waals surface area (Å²) in [6, 6.07) is 5.28. The summed E-state index contributed by atoms with van der Waals surface area (Å²) in [5.41, 5.74) is 0.214. The van der Waals surface area contributed by atoms with Crippen LogP contribution in [0.4, 0.5) is 10.1 Å². The molecule has 0 saturated heterocycles. The van der Waals surface area contributed by atoms with Crippen LogP contribution in [0.1, 0.15) is 5.69 Å². The molecule has 2 aromatic rings. The average molecular weight is 349 g/mol. The lowest BCUT2D eigenvalue weighted by molar-refractivity contribution is 0.277. The Labute approximate surface area is 117 Å². The lowest BCUT2D eigenvalue weighted by Crippen LogP contribution is -2.13. The standard InChI is InChI=1S/C11H10BrFN2O3S/c12-7-1-2-11(10(13)3-7)15-19(17,18)9-4-8(6-16)14-5-9/h1-5,14-16H,6H2. The number of rotatable bonds is 4. The molecule has 0 saturated carbocycles. The van der Waals surface area contributed by atoms with Crippen LogP contribution >= 0.6 is 15.9 Å². The maximum absolute atomic E-state index is 13.6. The molecule has 8 heteroatoms. The first-order valence-corrected chi connectivity index (χ1v) is 7.46. The number of aliphatic hydroxyl groups excluding tert-OH is 1. The smallest absolute Gasteiger partial charge is 0.263 e. The molecular formula is C11H10BrFN2O3S. The van der Waals surface area contributed by atoms with Gasteiger partial charge in [0.05, 0.1) is 12.3 Å². The first-order valence-electron chi connectivity index (χ1n) is 5.18. The Kier molecular flexibility index (Phi) is 3.93. The van der Waals surface area contributed by atoms with Gasteiger partial charge in [-0.05, 0) is 24.3 Å². The molecule has 0 amide bonds. The van der Waals surface area contributed by atoms with E-state index in [1.807, 2.05) is 0 Å². The van der Waals surface area contributed by atoms with Gasteiger partial charge in [-0.2, -0.15) is 0 Å². The molecule has 1 aromatic heterocycles. The summed E-state index contributed by atoms with van der Waals surface area (Å²) >= 11 is 3.08. The first-order chi connectivity index (χ1) is 8.92. The quantitative estimate of drug-likeness (QED) is 0.792. The van der Waals surface area contributed by atoms with Crippen LogP contribution in [0.3, 0.4) is 0 Å². The van der Waals surface area contributed by atoms with Crippen molar-refractivity contribution in [2.45, 2.75) is 11.5 Å². The number of halogens is 2. The van der Waals surface area contributed by atoms with Crippen molar-refractivity contribution in [3.8, 4) is 0 Å². The fraction of sp³-hybridized carbons (Fsp3) is 0.0909. The van der Waals surface area contributed by atoms with Crippen molar-refractivity contribution in [3.05, 3.63) is 46.4 Å². The molecule has 0 unspecified atom stereocenters. The topological polar surface area (TPSA) is 82.2 Å². The summed E-state index contributed by atoms with van der Waals surface area (Å²) in [7, 11) is -3.89. The minimum Gasteiger partial charge on any atom is -0.390 e. The van der Waals surface area contributed by atoms with Gasteiger partial charge in [-0.1, -0.05) is 15.9 Å². The van der Waals surface area contributed by atoms with Gasteiger partial charge < -0.3 is 10.1 Å². The first kappa shape index (κ1) is 14.0. The van der Waals surface area contributed by atoms with E-state index < -0.39 is 15.8 Å². The normalized spacial score (nSPS) is 11.5. The lowest BCUT2D eigenvalue weighted by atomic mass is 10.3. The second-order valence-electron chi connectivity index (χ2n) is 3.75. The highest BCUT2D eigenvalue weighted by Crippen LogP contribution is 2.22. The van der Waals surface area contributed by atoms with Crippen molar-refractivity contribution in [1.82, 2.24) is 4.98 Å². The molecule has 0 aliphatic heterocycles. The van der Waals surface area contributed by atoms with Crippen LogP contribution in [0.5, 0.6) is 0 Å². The van der Waals surface area contributed by atoms with E-state index in [-0.39, 0.29) is 17.2 Å². The van der Waals surface area contributed by atoms with E-state index in [9.17, 15) is 12.8 Å². The van der Waals surface area contributed by atoms with Gasteiger partial charge in [-0.25, -0.2) is 12.8 Å². The number of hydrogen-bond acceptors (Lipinski definition) is 3. The van der Waals surface area contributed by atoms with Crippen LogP contribution in [-0.2, 0) is 16.6 Å². The fourth-order valence-corrected chi connectivity index (χ4v) is 2.86. The van der Waals surface area contributed by atoms with E-state index in [0.29, 0.717) is 10.2 Å². The number of hydrogen-bond donors (Lipinski definition) is 3. The summed E-state index contributed by atoms with van der Waals surface area (Å²) in [5.74, 6) is -0.684. The zero-order valence-electron chi connectivity index (χ0n) is 9.52. The number of nitrogens with one attached hydrogen (secondary N) is 2. The Bertz CT molecular complexity index is 700. The SMILES string of the molecule is O=S(=O)(Nc1ccc(Br)cc1F)c1c[nH]c(CO)c1. The molecule has 0 fully saturated rings. The predicted molar refractivity (Wildman–Crippen MR) is 71.6 cm³/mol. The number of aromatic amines is 1. The Hall–Kier alpha value is -1.38. The van der Waals surface area contributed by atoms with Gasteiger partial charge in [0.2, 0.25) is 0 Å². The third kappa shape index (κ3) is 3.14. The molecule has 0 aliphatic carbocycles. The Balaban J connectivity index is 2.30.